The van der Waals surface area contributed by atoms with Crippen LogP contribution in [0.25, 0.3) is 11.0 Å². The molecular weight excluding hydrogens is 426 g/mol. The second kappa shape index (κ2) is 11.0. The van der Waals surface area contributed by atoms with Gasteiger partial charge in [0.1, 0.15) is 17.7 Å². The van der Waals surface area contributed by atoms with Crippen molar-refractivity contribution in [3.8, 4) is 5.75 Å². The summed E-state index contributed by atoms with van der Waals surface area (Å²) in [5, 5.41) is 3.02. The summed E-state index contributed by atoms with van der Waals surface area (Å²) < 4.78 is 13.7. The second-order valence-corrected chi connectivity index (χ2v) is 10.0. The van der Waals surface area contributed by atoms with Gasteiger partial charge in [-0.25, -0.2) is 4.98 Å². The molecule has 6 nitrogen and oxygen atoms in total. The van der Waals surface area contributed by atoms with E-state index in [0.717, 1.165) is 54.8 Å². The van der Waals surface area contributed by atoms with Gasteiger partial charge in [0.05, 0.1) is 17.6 Å². The number of para-hydroxylation sites is 2. The van der Waals surface area contributed by atoms with Crippen LogP contribution in [0.3, 0.4) is 0 Å². The summed E-state index contributed by atoms with van der Waals surface area (Å²) in [5.74, 6) is 1.92. The van der Waals surface area contributed by atoms with E-state index in [1.807, 2.05) is 18.2 Å². The van der Waals surface area contributed by atoms with Gasteiger partial charge >= 0.3 is 0 Å². The zero-order valence-electron chi connectivity index (χ0n) is 20.7. The Hall–Kier alpha value is -2.86. The van der Waals surface area contributed by atoms with E-state index in [0.29, 0.717) is 26.2 Å². The van der Waals surface area contributed by atoms with E-state index in [4.69, 9.17) is 14.5 Å². The maximum absolute atomic E-state index is 12.2. The molecule has 0 spiro atoms. The van der Waals surface area contributed by atoms with E-state index in [9.17, 15) is 4.79 Å². The summed E-state index contributed by atoms with van der Waals surface area (Å²) in [4.78, 5) is 17.1. The van der Waals surface area contributed by atoms with Crippen LogP contribution in [0.4, 0.5) is 0 Å². The summed E-state index contributed by atoms with van der Waals surface area (Å²) in [5.41, 5.74) is 3.60. The Morgan fingerprint density at radius 1 is 1.15 bits per heavy atom. The highest BCUT2D eigenvalue weighted by Crippen LogP contribution is 2.24. The number of nitrogens with zero attached hydrogens (tertiary/aromatic N) is 2. The number of fused-ring (bicyclic) bond motifs is 1. The van der Waals surface area contributed by atoms with Crippen molar-refractivity contribution in [1.82, 2.24) is 14.9 Å². The molecule has 2 aromatic carbocycles. The van der Waals surface area contributed by atoms with Crippen LogP contribution in [0.5, 0.6) is 5.75 Å². The quantitative estimate of drug-likeness (QED) is 0.428. The Morgan fingerprint density at radius 3 is 2.68 bits per heavy atom. The summed E-state index contributed by atoms with van der Waals surface area (Å²) >= 11 is 0. The van der Waals surface area contributed by atoms with E-state index in [1.54, 1.807) is 0 Å². The molecule has 1 unspecified atom stereocenters. The molecule has 1 atom stereocenters. The van der Waals surface area contributed by atoms with Crippen LogP contribution in [-0.2, 0) is 27.9 Å². The van der Waals surface area contributed by atoms with Crippen LogP contribution in [0.15, 0.2) is 48.5 Å². The maximum atomic E-state index is 12.2. The van der Waals surface area contributed by atoms with Gasteiger partial charge in [0.2, 0.25) is 5.91 Å². The molecule has 0 aliphatic carbocycles. The van der Waals surface area contributed by atoms with Crippen LogP contribution in [0.1, 0.15) is 57.8 Å². The highest BCUT2D eigenvalue weighted by molar-refractivity contribution is 5.81. The highest BCUT2D eigenvalue weighted by Gasteiger charge is 2.23. The first-order valence-corrected chi connectivity index (χ1v) is 12.5. The number of carbonyl (C=O) groups excluding carboxylic acids is 1. The lowest BCUT2D eigenvalue weighted by Crippen LogP contribution is -2.35. The molecule has 1 aromatic heterocycles. The molecule has 182 valence electrons. The van der Waals surface area contributed by atoms with Gasteiger partial charge in [-0.3, -0.25) is 4.79 Å². The molecule has 1 saturated heterocycles. The molecule has 6 heteroatoms. The average molecular weight is 464 g/mol. The number of benzene rings is 2. The Kier molecular flexibility index (Phi) is 7.88. The molecule has 1 aliphatic rings. The van der Waals surface area contributed by atoms with Gasteiger partial charge in [-0.15, -0.1) is 0 Å². The lowest BCUT2D eigenvalue weighted by atomic mass is 9.87. The Balaban J connectivity index is 1.28. The van der Waals surface area contributed by atoms with Crippen molar-refractivity contribution in [3.05, 3.63) is 59.9 Å². The fraction of sp³-hybridized carbons (Fsp3) is 0.500. The SMILES string of the molecule is CC(C)(C)c1ccc(OCCCCn2c(CCNC(=O)C3CCCO3)nc3ccccc32)cc1. The molecule has 4 rings (SSSR count). The lowest BCUT2D eigenvalue weighted by molar-refractivity contribution is -0.130. The number of aromatic nitrogens is 2. The standard InChI is InChI=1S/C28H37N3O3/c1-28(2,3)21-12-14-22(15-13-21)33-19-7-6-18-31-24-10-5-4-9-23(24)30-26(31)16-17-29-27(32)25-11-8-20-34-25/h4-5,9-10,12-15,25H,6-8,11,16-20H2,1-3H3,(H,29,32). The van der Waals surface area contributed by atoms with E-state index >= 15 is 0 Å². The number of hydrogen-bond donors (Lipinski definition) is 1. The van der Waals surface area contributed by atoms with Crippen molar-refractivity contribution in [2.45, 2.75) is 70.9 Å². The third kappa shape index (κ3) is 6.17. The van der Waals surface area contributed by atoms with Gasteiger partial charge < -0.3 is 19.4 Å². The smallest absolute Gasteiger partial charge is 0.249 e. The number of carbonyl (C=O) groups is 1. The topological polar surface area (TPSA) is 65.4 Å². The molecule has 0 saturated carbocycles. The molecule has 34 heavy (non-hydrogen) atoms. The van der Waals surface area contributed by atoms with Crippen LogP contribution in [0.2, 0.25) is 0 Å². The van der Waals surface area contributed by atoms with E-state index in [-0.39, 0.29) is 17.4 Å². The van der Waals surface area contributed by atoms with Gasteiger partial charge in [-0.05, 0) is 60.9 Å². The fourth-order valence-corrected chi connectivity index (χ4v) is 4.37. The van der Waals surface area contributed by atoms with E-state index < -0.39 is 0 Å². The first-order chi connectivity index (χ1) is 16.4. The van der Waals surface area contributed by atoms with Crippen molar-refractivity contribution in [1.29, 1.82) is 0 Å². The van der Waals surface area contributed by atoms with Crippen LogP contribution in [-0.4, -0.2) is 41.3 Å². The fourth-order valence-electron chi connectivity index (χ4n) is 4.37. The highest BCUT2D eigenvalue weighted by atomic mass is 16.5. The van der Waals surface area contributed by atoms with Gasteiger partial charge in [0.15, 0.2) is 0 Å². The van der Waals surface area contributed by atoms with Gasteiger partial charge in [-0.1, -0.05) is 45.0 Å². The number of imidazole rings is 1. The molecule has 3 aromatic rings. The van der Waals surface area contributed by atoms with Gasteiger partial charge in [-0.2, -0.15) is 0 Å². The van der Waals surface area contributed by atoms with Crippen LogP contribution in [0, 0.1) is 0 Å². The molecule has 0 bridgehead atoms. The van der Waals surface area contributed by atoms with Crippen molar-refractivity contribution >= 4 is 16.9 Å². The number of unbranched alkanes of at least 4 members (excludes halogenated alkanes) is 1. The summed E-state index contributed by atoms with van der Waals surface area (Å²) in [6, 6.07) is 16.7. The van der Waals surface area contributed by atoms with Crippen molar-refractivity contribution < 1.29 is 14.3 Å². The molecule has 1 amide bonds. The van der Waals surface area contributed by atoms with Crippen LogP contribution >= 0.6 is 0 Å². The van der Waals surface area contributed by atoms with E-state index in [1.165, 1.54) is 5.56 Å². The van der Waals surface area contributed by atoms with Crippen molar-refractivity contribution in [3.63, 3.8) is 0 Å². The Morgan fingerprint density at radius 2 is 1.94 bits per heavy atom. The summed E-state index contributed by atoms with van der Waals surface area (Å²) in [7, 11) is 0. The molecule has 1 aliphatic heterocycles. The van der Waals surface area contributed by atoms with Gasteiger partial charge in [0, 0.05) is 26.1 Å². The Labute approximate surface area is 202 Å². The molecule has 1 N–H and O–H groups in total. The minimum Gasteiger partial charge on any atom is -0.494 e. The first-order valence-electron chi connectivity index (χ1n) is 12.5. The van der Waals surface area contributed by atoms with Crippen LogP contribution < -0.4 is 10.1 Å². The number of rotatable bonds is 10. The van der Waals surface area contributed by atoms with E-state index in [2.05, 4.69) is 61.0 Å². The third-order valence-corrected chi connectivity index (χ3v) is 6.37. The monoisotopic (exact) mass is 463 g/mol. The lowest BCUT2D eigenvalue weighted by Gasteiger charge is -2.19. The number of aryl methyl sites for hydroxylation is 1. The number of hydrogen-bond acceptors (Lipinski definition) is 4. The third-order valence-electron chi connectivity index (χ3n) is 6.37. The number of ether oxygens (including phenoxy) is 2. The molecule has 0 radical (unpaired) electrons. The largest absolute Gasteiger partial charge is 0.494 e. The Bertz CT molecular complexity index is 1080. The van der Waals surface area contributed by atoms with Gasteiger partial charge in [0.25, 0.3) is 0 Å². The zero-order chi connectivity index (χ0) is 24.0. The number of amides is 1. The predicted octanol–water partition coefficient (Wildman–Crippen LogP) is 5.03. The minimum absolute atomic E-state index is 0.00663. The summed E-state index contributed by atoms with van der Waals surface area (Å²) in [6.45, 7) is 9.46. The molecular formula is C28H37N3O3. The first kappa shape index (κ1) is 24.3. The molecule has 1 fully saturated rings. The minimum atomic E-state index is -0.288. The molecule has 2 heterocycles. The average Bonchev–Trinajstić information content (AvgIpc) is 3.47. The summed E-state index contributed by atoms with van der Waals surface area (Å²) in [6.07, 6.45) is 4.14. The number of nitrogens with one attached hydrogen (secondary N) is 1. The van der Waals surface area contributed by atoms with Crippen molar-refractivity contribution in [2.75, 3.05) is 19.8 Å². The van der Waals surface area contributed by atoms with Crippen molar-refractivity contribution in [2.24, 2.45) is 0 Å². The second-order valence-electron chi connectivity index (χ2n) is 10.0. The zero-order valence-corrected chi connectivity index (χ0v) is 20.7. The normalized spacial score (nSPS) is 16.1. The predicted molar refractivity (Wildman–Crippen MR) is 135 cm³/mol. The maximum Gasteiger partial charge on any atom is 0.249 e.